The maximum atomic E-state index is 12.7. The number of hydrogen-bond donors (Lipinski definition) is 0. The highest BCUT2D eigenvalue weighted by atomic mass is 19.1. The van der Waals surface area contributed by atoms with Crippen LogP contribution in [0.25, 0.3) is 5.69 Å². The fourth-order valence-corrected chi connectivity index (χ4v) is 1.36. The third-order valence-electron chi connectivity index (χ3n) is 2.16. The summed E-state index contributed by atoms with van der Waals surface area (Å²) in [4.78, 5) is 10.1. The first kappa shape index (κ1) is 10.3. The summed E-state index contributed by atoms with van der Waals surface area (Å²) in [5.41, 5.74) is 0.858. The normalized spacial score (nSPS) is 10.4. The van der Waals surface area contributed by atoms with E-state index in [9.17, 15) is 14.5 Å². The van der Waals surface area contributed by atoms with Gasteiger partial charge in [-0.1, -0.05) is 0 Å². The molecular weight excluding hydrogens is 213 g/mol. The highest BCUT2D eigenvalue weighted by molar-refractivity contribution is 5.38. The minimum Gasteiger partial charge on any atom is -0.258 e. The zero-order valence-electron chi connectivity index (χ0n) is 8.42. The second-order valence-corrected chi connectivity index (χ2v) is 3.28. The number of nitrogens with zero attached hydrogens (tertiary/aromatic N) is 3. The molecule has 0 aliphatic carbocycles. The van der Waals surface area contributed by atoms with Gasteiger partial charge in [0, 0.05) is 0 Å². The van der Waals surface area contributed by atoms with Gasteiger partial charge in [0.25, 0.3) is 0 Å². The fourth-order valence-electron chi connectivity index (χ4n) is 1.36. The molecule has 0 unspecified atom stereocenters. The summed E-state index contributed by atoms with van der Waals surface area (Å²) in [5, 5.41) is 14.6. The van der Waals surface area contributed by atoms with Crippen molar-refractivity contribution in [3.05, 3.63) is 52.1 Å². The highest BCUT2D eigenvalue weighted by Crippen LogP contribution is 2.18. The van der Waals surface area contributed by atoms with Crippen LogP contribution in [-0.4, -0.2) is 14.7 Å². The third-order valence-corrected chi connectivity index (χ3v) is 2.16. The average Bonchev–Trinajstić information content (AvgIpc) is 2.61. The molecule has 16 heavy (non-hydrogen) atoms. The van der Waals surface area contributed by atoms with Gasteiger partial charge in [-0.15, -0.1) is 0 Å². The first-order valence-electron chi connectivity index (χ1n) is 4.54. The fraction of sp³-hybridized carbons (Fsp3) is 0.100. The van der Waals surface area contributed by atoms with E-state index in [2.05, 4.69) is 5.10 Å². The lowest BCUT2D eigenvalue weighted by atomic mass is 10.3. The Morgan fingerprint density at radius 2 is 2.00 bits per heavy atom. The summed E-state index contributed by atoms with van der Waals surface area (Å²) in [7, 11) is 0. The molecule has 2 rings (SSSR count). The van der Waals surface area contributed by atoms with Crippen molar-refractivity contribution in [3.8, 4) is 5.69 Å². The monoisotopic (exact) mass is 221 g/mol. The lowest BCUT2D eigenvalue weighted by Crippen LogP contribution is -1.94. The van der Waals surface area contributed by atoms with Crippen molar-refractivity contribution in [3.63, 3.8) is 0 Å². The Hall–Kier alpha value is -2.24. The van der Waals surface area contributed by atoms with E-state index in [0.717, 1.165) is 0 Å². The van der Waals surface area contributed by atoms with Crippen LogP contribution < -0.4 is 0 Å². The Labute approximate surface area is 90.3 Å². The zero-order chi connectivity index (χ0) is 11.7. The van der Waals surface area contributed by atoms with Gasteiger partial charge in [0.1, 0.15) is 17.7 Å². The molecule has 0 bridgehead atoms. The van der Waals surface area contributed by atoms with E-state index in [1.54, 1.807) is 6.92 Å². The van der Waals surface area contributed by atoms with Crippen molar-refractivity contribution < 1.29 is 9.31 Å². The summed E-state index contributed by atoms with van der Waals surface area (Å²) in [6, 6.07) is 5.56. The van der Waals surface area contributed by atoms with Crippen molar-refractivity contribution in [1.82, 2.24) is 9.78 Å². The van der Waals surface area contributed by atoms with Gasteiger partial charge in [0.05, 0.1) is 10.6 Å². The van der Waals surface area contributed by atoms with Crippen LogP contribution in [0.1, 0.15) is 5.69 Å². The number of halogens is 1. The molecule has 0 atom stereocenters. The molecule has 1 heterocycles. The van der Waals surface area contributed by atoms with Crippen molar-refractivity contribution in [2.24, 2.45) is 0 Å². The molecule has 0 N–H and O–H groups in total. The van der Waals surface area contributed by atoms with Crippen LogP contribution in [0.2, 0.25) is 0 Å². The number of rotatable bonds is 2. The van der Waals surface area contributed by atoms with E-state index >= 15 is 0 Å². The first-order valence-corrected chi connectivity index (χ1v) is 4.54. The van der Waals surface area contributed by atoms with Crippen LogP contribution in [0.3, 0.4) is 0 Å². The summed E-state index contributed by atoms with van der Waals surface area (Å²) in [5.74, 6) is -0.359. The number of hydrogen-bond acceptors (Lipinski definition) is 3. The minimum absolute atomic E-state index is 0.0516. The van der Waals surface area contributed by atoms with E-state index in [4.69, 9.17) is 0 Å². The summed E-state index contributed by atoms with van der Waals surface area (Å²) < 4.78 is 14.0. The van der Waals surface area contributed by atoms with Crippen LogP contribution in [0.4, 0.5) is 10.1 Å². The molecule has 5 nitrogen and oxygen atoms in total. The number of benzene rings is 1. The van der Waals surface area contributed by atoms with Gasteiger partial charge in [-0.05, 0) is 31.2 Å². The maximum absolute atomic E-state index is 12.7. The number of aryl methyl sites for hydroxylation is 1. The van der Waals surface area contributed by atoms with Gasteiger partial charge < -0.3 is 0 Å². The van der Waals surface area contributed by atoms with Crippen LogP contribution in [0.5, 0.6) is 0 Å². The Kier molecular flexibility index (Phi) is 2.40. The predicted molar refractivity (Wildman–Crippen MR) is 54.9 cm³/mol. The van der Waals surface area contributed by atoms with Gasteiger partial charge in [-0.2, -0.15) is 5.10 Å². The van der Waals surface area contributed by atoms with Crippen LogP contribution in [-0.2, 0) is 0 Å². The molecule has 6 heteroatoms. The van der Waals surface area contributed by atoms with Gasteiger partial charge in [0.2, 0.25) is 0 Å². The molecular formula is C10H8FN3O2. The number of aromatic nitrogens is 2. The molecule has 0 spiro atoms. The Morgan fingerprint density at radius 3 is 2.50 bits per heavy atom. The van der Waals surface area contributed by atoms with Gasteiger partial charge in [-0.25, -0.2) is 9.07 Å². The standard InChI is InChI=1S/C10H8FN3O2/c1-7-10(14(15)16)6-13(12-7)9-4-2-8(11)3-5-9/h2-6H,1H3. The Bertz CT molecular complexity index is 533. The summed E-state index contributed by atoms with van der Waals surface area (Å²) >= 11 is 0. The molecule has 0 saturated heterocycles. The smallest absolute Gasteiger partial charge is 0.258 e. The van der Waals surface area contributed by atoms with Crippen LogP contribution in [0.15, 0.2) is 30.5 Å². The summed E-state index contributed by atoms with van der Waals surface area (Å²) in [6.07, 6.45) is 1.31. The lowest BCUT2D eigenvalue weighted by molar-refractivity contribution is -0.385. The molecule has 0 radical (unpaired) electrons. The van der Waals surface area contributed by atoms with Crippen LogP contribution in [0, 0.1) is 22.9 Å². The Balaban J connectivity index is 2.45. The molecule has 1 aromatic heterocycles. The SMILES string of the molecule is Cc1nn(-c2ccc(F)cc2)cc1[N+](=O)[O-]. The largest absolute Gasteiger partial charge is 0.310 e. The lowest BCUT2D eigenvalue weighted by Gasteiger charge is -1.98. The first-order chi connectivity index (χ1) is 7.58. The highest BCUT2D eigenvalue weighted by Gasteiger charge is 2.15. The minimum atomic E-state index is -0.498. The second kappa shape index (κ2) is 3.73. The van der Waals surface area contributed by atoms with Gasteiger partial charge in [-0.3, -0.25) is 10.1 Å². The van der Waals surface area contributed by atoms with Crippen molar-refractivity contribution >= 4 is 5.69 Å². The number of nitro groups is 1. The third kappa shape index (κ3) is 1.77. The molecule has 0 aliphatic heterocycles. The average molecular weight is 221 g/mol. The van der Waals surface area contributed by atoms with E-state index in [1.165, 1.54) is 35.1 Å². The van der Waals surface area contributed by atoms with E-state index < -0.39 is 4.92 Å². The topological polar surface area (TPSA) is 61.0 Å². The van der Waals surface area contributed by atoms with E-state index in [-0.39, 0.29) is 11.5 Å². The Morgan fingerprint density at radius 1 is 1.38 bits per heavy atom. The predicted octanol–water partition coefficient (Wildman–Crippen LogP) is 2.23. The molecule has 0 aliphatic rings. The molecule has 0 fully saturated rings. The van der Waals surface area contributed by atoms with Crippen molar-refractivity contribution in [1.29, 1.82) is 0 Å². The van der Waals surface area contributed by atoms with Gasteiger partial charge >= 0.3 is 5.69 Å². The van der Waals surface area contributed by atoms with Crippen molar-refractivity contribution in [2.45, 2.75) is 6.92 Å². The quantitative estimate of drug-likeness (QED) is 0.577. The molecule has 2 aromatic rings. The molecule has 82 valence electrons. The zero-order valence-corrected chi connectivity index (χ0v) is 8.42. The van der Waals surface area contributed by atoms with E-state index in [1.807, 2.05) is 0 Å². The maximum Gasteiger partial charge on any atom is 0.310 e. The molecule has 0 saturated carbocycles. The van der Waals surface area contributed by atoms with Crippen LogP contribution >= 0.6 is 0 Å². The second-order valence-electron chi connectivity index (χ2n) is 3.28. The van der Waals surface area contributed by atoms with E-state index in [0.29, 0.717) is 11.4 Å². The van der Waals surface area contributed by atoms with Gasteiger partial charge in [0.15, 0.2) is 0 Å². The molecule has 1 aromatic carbocycles. The molecule has 0 amide bonds. The van der Waals surface area contributed by atoms with Crippen molar-refractivity contribution in [2.75, 3.05) is 0 Å². The summed E-state index contributed by atoms with van der Waals surface area (Å²) in [6.45, 7) is 1.55.